The summed E-state index contributed by atoms with van der Waals surface area (Å²) in [5.41, 5.74) is 6.45. The van der Waals surface area contributed by atoms with Gasteiger partial charge in [0.25, 0.3) is 5.91 Å². The quantitative estimate of drug-likeness (QED) is 0.552. The van der Waals surface area contributed by atoms with E-state index < -0.39 is 5.91 Å². The lowest BCUT2D eigenvalue weighted by molar-refractivity contribution is -0.112. The van der Waals surface area contributed by atoms with E-state index in [1.807, 2.05) is 13.0 Å². The molecule has 3 heteroatoms. The van der Waals surface area contributed by atoms with E-state index in [0.29, 0.717) is 5.56 Å². The highest BCUT2D eigenvalue weighted by atomic mass is 16.1. The fourth-order valence-corrected chi connectivity index (χ4v) is 0.676. The summed E-state index contributed by atoms with van der Waals surface area (Å²) < 4.78 is 0. The van der Waals surface area contributed by atoms with E-state index in [1.54, 1.807) is 12.3 Å². The molecule has 0 atom stereocenters. The van der Waals surface area contributed by atoms with Crippen molar-refractivity contribution in [2.24, 2.45) is 5.73 Å². The highest BCUT2D eigenvalue weighted by molar-refractivity contribution is 5.92. The van der Waals surface area contributed by atoms with Crippen LogP contribution in [-0.2, 0) is 4.79 Å². The summed E-state index contributed by atoms with van der Waals surface area (Å²) >= 11 is 0. The number of carbonyl (C=O) groups excluding carboxylic acids is 1. The Hall–Kier alpha value is -1.82. The highest BCUT2D eigenvalue weighted by Crippen LogP contribution is 1.95. The van der Waals surface area contributed by atoms with Crippen molar-refractivity contribution in [3.63, 3.8) is 0 Å². The third-order valence-corrected chi connectivity index (χ3v) is 1.24. The second kappa shape index (κ2) is 3.54. The molecule has 0 aliphatic heterocycles. The van der Waals surface area contributed by atoms with Crippen molar-refractivity contribution in [1.29, 1.82) is 0 Å². The van der Waals surface area contributed by atoms with E-state index in [9.17, 15) is 4.79 Å². The van der Waals surface area contributed by atoms with Crippen molar-refractivity contribution >= 4 is 5.91 Å². The van der Waals surface area contributed by atoms with Crippen LogP contribution in [0.4, 0.5) is 0 Å². The van der Waals surface area contributed by atoms with Crippen LogP contribution in [0.25, 0.3) is 0 Å². The van der Waals surface area contributed by atoms with Crippen molar-refractivity contribution < 1.29 is 4.79 Å². The van der Waals surface area contributed by atoms with Crippen molar-refractivity contribution in [3.05, 3.63) is 29.6 Å². The molecule has 1 heterocycles. The molecular formula is C9H8N2O. The minimum absolute atomic E-state index is 0.629. The van der Waals surface area contributed by atoms with E-state index in [1.165, 1.54) is 0 Å². The predicted molar refractivity (Wildman–Crippen MR) is 45.0 cm³/mol. The molecule has 2 N–H and O–H groups in total. The summed E-state index contributed by atoms with van der Waals surface area (Å²) in [7, 11) is 0. The van der Waals surface area contributed by atoms with Gasteiger partial charge in [-0.25, -0.2) is 0 Å². The van der Waals surface area contributed by atoms with Crippen LogP contribution in [0.15, 0.2) is 18.3 Å². The molecule has 0 radical (unpaired) electrons. The Morgan fingerprint density at radius 3 is 2.83 bits per heavy atom. The average Bonchev–Trinajstić information content (AvgIpc) is 2.03. The van der Waals surface area contributed by atoms with Crippen LogP contribution < -0.4 is 5.73 Å². The standard InChI is InChI=1S/C9H8N2O/c1-7-2-3-8(6-11-7)4-5-9(10)12/h2-3,6H,1H3,(H2,10,12). The number of nitrogens with zero attached hydrogens (tertiary/aromatic N) is 1. The zero-order valence-corrected chi connectivity index (χ0v) is 6.66. The minimum Gasteiger partial charge on any atom is -0.359 e. The molecule has 1 amide bonds. The molecule has 0 unspecified atom stereocenters. The van der Waals surface area contributed by atoms with Gasteiger partial charge in [0.2, 0.25) is 0 Å². The smallest absolute Gasteiger partial charge is 0.293 e. The van der Waals surface area contributed by atoms with E-state index in [4.69, 9.17) is 5.73 Å². The lowest BCUT2D eigenvalue weighted by atomic mass is 10.2. The maximum absolute atomic E-state index is 10.3. The summed E-state index contributed by atoms with van der Waals surface area (Å²) in [5.74, 6) is 4.19. The van der Waals surface area contributed by atoms with Gasteiger partial charge in [-0.1, -0.05) is 5.92 Å². The Morgan fingerprint density at radius 1 is 1.58 bits per heavy atom. The van der Waals surface area contributed by atoms with E-state index in [-0.39, 0.29) is 0 Å². The molecule has 1 aromatic rings. The van der Waals surface area contributed by atoms with Crippen molar-refractivity contribution in [2.45, 2.75) is 6.92 Å². The zero-order chi connectivity index (χ0) is 8.97. The Balaban J connectivity index is 2.86. The number of primary amides is 1. The third-order valence-electron chi connectivity index (χ3n) is 1.24. The molecule has 3 nitrogen and oxygen atoms in total. The fourth-order valence-electron chi connectivity index (χ4n) is 0.676. The van der Waals surface area contributed by atoms with Crippen LogP contribution in [-0.4, -0.2) is 10.9 Å². The molecule has 0 aromatic carbocycles. The van der Waals surface area contributed by atoms with Crippen molar-refractivity contribution in [1.82, 2.24) is 4.98 Å². The Labute approximate surface area is 70.6 Å². The second-order valence-corrected chi connectivity index (χ2v) is 2.30. The number of hydrogen-bond acceptors (Lipinski definition) is 2. The molecule has 0 aliphatic rings. The number of aromatic nitrogens is 1. The first-order valence-electron chi connectivity index (χ1n) is 3.42. The number of carbonyl (C=O) groups is 1. The van der Waals surface area contributed by atoms with Gasteiger partial charge >= 0.3 is 0 Å². The van der Waals surface area contributed by atoms with Gasteiger partial charge < -0.3 is 5.73 Å². The van der Waals surface area contributed by atoms with Gasteiger partial charge in [-0.2, -0.15) is 0 Å². The number of hydrogen-bond donors (Lipinski definition) is 1. The maximum atomic E-state index is 10.3. The molecule has 0 spiro atoms. The monoisotopic (exact) mass is 160 g/mol. The van der Waals surface area contributed by atoms with Gasteiger partial charge in [0.15, 0.2) is 0 Å². The number of amides is 1. The number of nitrogens with two attached hydrogens (primary N) is 1. The molecule has 12 heavy (non-hydrogen) atoms. The van der Waals surface area contributed by atoms with Gasteiger partial charge in [-0.15, -0.1) is 0 Å². The van der Waals surface area contributed by atoms with Gasteiger partial charge in [-0.3, -0.25) is 9.78 Å². The SMILES string of the molecule is Cc1ccc(C#CC(N)=O)cn1. The lowest BCUT2D eigenvalue weighted by Gasteiger charge is -1.89. The minimum atomic E-state index is -0.629. The van der Waals surface area contributed by atoms with Gasteiger partial charge in [0.1, 0.15) is 0 Å². The molecule has 0 saturated heterocycles. The van der Waals surface area contributed by atoms with E-state index in [0.717, 1.165) is 5.69 Å². The van der Waals surface area contributed by atoms with Crippen LogP contribution in [0.5, 0.6) is 0 Å². The normalized spacial score (nSPS) is 8.42. The molecule has 0 aliphatic carbocycles. The Morgan fingerprint density at radius 2 is 2.33 bits per heavy atom. The molecule has 1 rings (SSSR count). The van der Waals surface area contributed by atoms with Crippen LogP contribution in [0.1, 0.15) is 11.3 Å². The summed E-state index contributed by atoms with van der Waals surface area (Å²) in [6.45, 7) is 1.88. The molecule has 0 fully saturated rings. The van der Waals surface area contributed by atoms with E-state index in [2.05, 4.69) is 16.8 Å². The Kier molecular flexibility index (Phi) is 2.44. The maximum Gasteiger partial charge on any atom is 0.293 e. The fraction of sp³-hybridized carbons (Fsp3) is 0.111. The zero-order valence-electron chi connectivity index (χ0n) is 6.66. The van der Waals surface area contributed by atoms with Crippen LogP contribution >= 0.6 is 0 Å². The predicted octanol–water partition coefficient (Wildman–Crippen LogP) is 0.227. The number of rotatable bonds is 0. The largest absolute Gasteiger partial charge is 0.359 e. The van der Waals surface area contributed by atoms with Crippen LogP contribution in [0.2, 0.25) is 0 Å². The summed E-state index contributed by atoms with van der Waals surface area (Å²) in [4.78, 5) is 14.3. The van der Waals surface area contributed by atoms with Crippen molar-refractivity contribution in [3.8, 4) is 11.8 Å². The number of aryl methyl sites for hydroxylation is 1. The van der Waals surface area contributed by atoms with Gasteiger partial charge in [0.05, 0.1) is 0 Å². The molecule has 1 aromatic heterocycles. The highest BCUT2D eigenvalue weighted by Gasteiger charge is 1.87. The summed E-state index contributed by atoms with van der Waals surface area (Å²) in [6.07, 6.45) is 1.60. The molecule has 0 saturated carbocycles. The topological polar surface area (TPSA) is 56.0 Å². The first-order chi connectivity index (χ1) is 5.68. The summed E-state index contributed by atoms with van der Waals surface area (Å²) in [5, 5.41) is 0. The Bertz CT molecular complexity index is 343. The molecular weight excluding hydrogens is 152 g/mol. The summed E-state index contributed by atoms with van der Waals surface area (Å²) in [6, 6.07) is 3.61. The second-order valence-electron chi connectivity index (χ2n) is 2.30. The van der Waals surface area contributed by atoms with Crippen molar-refractivity contribution in [2.75, 3.05) is 0 Å². The number of pyridine rings is 1. The first-order valence-corrected chi connectivity index (χ1v) is 3.42. The van der Waals surface area contributed by atoms with Gasteiger partial charge in [-0.05, 0) is 19.1 Å². The average molecular weight is 160 g/mol. The van der Waals surface area contributed by atoms with Crippen LogP contribution in [0, 0.1) is 18.8 Å². The van der Waals surface area contributed by atoms with Gasteiger partial charge in [0, 0.05) is 23.4 Å². The van der Waals surface area contributed by atoms with E-state index >= 15 is 0 Å². The molecule has 0 bridgehead atoms. The van der Waals surface area contributed by atoms with Crippen LogP contribution in [0.3, 0.4) is 0 Å². The lowest BCUT2D eigenvalue weighted by Crippen LogP contribution is -2.06. The first kappa shape index (κ1) is 8.28. The third kappa shape index (κ3) is 2.43. The molecule has 60 valence electrons.